The summed E-state index contributed by atoms with van der Waals surface area (Å²) in [7, 11) is 1.65. The highest BCUT2D eigenvalue weighted by Crippen LogP contribution is 2.16. The maximum Gasteiger partial charge on any atom is 0.234 e. The van der Waals surface area contributed by atoms with E-state index >= 15 is 0 Å². The normalized spacial score (nSPS) is 16.7. The van der Waals surface area contributed by atoms with E-state index in [0.29, 0.717) is 13.1 Å². The minimum atomic E-state index is 0.0749. The number of nitrogens with zero attached hydrogens (tertiary/aromatic N) is 2. The van der Waals surface area contributed by atoms with Crippen LogP contribution in [0.3, 0.4) is 0 Å². The summed E-state index contributed by atoms with van der Waals surface area (Å²) in [5.41, 5.74) is 1.00. The molecular weight excluding hydrogens is 266 g/mol. The summed E-state index contributed by atoms with van der Waals surface area (Å²) in [6.07, 6.45) is 0. The summed E-state index contributed by atoms with van der Waals surface area (Å²) in [6.45, 7) is 8.30. The molecule has 1 amide bonds. The van der Waals surface area contributed by atoms with Crippen molar-refractivity contribution < 1.29 is 9.53 Å². The van der Waals surface area contributed by atoms with Gasteiger partial charge in [-0.15, -0.1) is 0 Å². The highest BCUT2D eigenvalue weighted by Gasteiger charge is 2.17. The van der Waals surface area contributed by atoms with Crippen molar-refractivity contribution in [3.05, 3.63) is 29.8 Å². The van der Waals surface area contributed by atoms with Gasteiger partial charge in [-0.25, -0.2) is 0 Å². The number of likely N-dealkylation sites (N-methyl/N-ethyl adjacent to an activating group) is 1. The highest BCUT2D eigenvalue weighted by molar-refractivity contribution is 5.78. The van der Waals surface area contributed by atoms with Crippen LogP contribution in [0.15, 0.2) is 24.3 Å². The lowest BCUT2D eigenvalue weighted by Gasteiger charge is -2.33. The molecule has 0 bridgehead atoms. The Bertz CT molecular complexity index is 457. The molecule has 1 saturated heterocycles. The average molecular weight is 291 g/mol. The van der Waals surface area contributed by atoms with Crippen molar-refractivity contribution in [2.45, 2.75) is 13.5 Å². The predicted molar refractivity (Wildman–Crippen MR) is 83.4 cm³/mol. The number of hydrogen-bond acceptors (Lipinski definition) is 4. The largest absolute Gasteiger partial charge is 0.496 e. The molecule has 1 aromatic rings. The van der Waals surface area contributed by atoms with Gasteiger partial charge < -0.3 is 15.0 Å². The number of para-hydroxylation sites is 1. The molecule has 5 heteroatoms. The summed E-state index contributed by atoms with van der Waals surface area (Å²) in [4.78, 5) is 16.6. The molecule has 0 atom stereocenters. The number of carbonyl (C=O) groups is 1. The fourth-order valence-corrected chi connectivity index (χ4v) is 2.57. The first-order valence-electron chi connectivity index (χ1n) is 7.56. The van der Waals surface area contributed by atoms with Crippen molar-refractivity contribution in [1.29, 1.82) is 0 Å². The highest BCUT2D eigenvalue weighted by atomic mass is 16.5. The number of rotatable bonds is 6. The van der Waals surface area contributed by atoms with Gasteiger partial charge in [0.05, 0.1) is 13.7 Å². The summed E-state index contributed by atoms with van der Waals surface area (Å²) < 4.78 is 5.28. The van der Waals surface area contributed by atoms with Crippen molar-refractivity contribution in [3.8, 4) is 5.75 Å². The average Bonchev–Trinajstić information content (AvgIpc) is 2.54. The molecule has 116 valence electrons. The van der Waals surface area contributed by atoms with Gasteiger partial charge in [0.15, 0.2) is 0 Å². The molecule has 0 aromatic heterocycles. The summed E-state index contributed by atoms with van der Waals surface area (Å²) in [6, 6.07) is 7.76. The fraction of sp³-hybridized carbons (Fsp3) is 0.562. The first-order valence-corrected chi connectivity index (χ1v) is 7.56. The van der Waals surface area contributed by atoms with Crippen LogP contribution in [0.25, 0.3) is 0 Å². The van der Waals surface area contributed by atoms with Gasteiger partial charge in [0, 0.05) is 38.3 Å². The van der Waals surface area contributed by atoms with Crippen LogP contribution < -0.4 is 10.1 Å². The molecule has 0 aliphatic carbocycles. The lowest BCUT2D eigenvalue weighted by atomic mass is 10.2. The van der Waals surface area contributed by atoms with Crippen LogP contribution in [0.4, 0.5) is 0 Å². The van der Waals surface area contributed by atoms with Crippen LogP contribution in [0.2, 0.25) is 0 Å². The van der Waals surface area contributed by atoms with E-state index in [9.17, 15) is 4.79 Å². The number of amides is 1. The fourth-order valence-electron chi connectivity index (χ4n) is 2.57. The number of carbonyl (C=O) groups excluding carboxylic acids is 1. The van der Waals surface area contributed by atoms with Gasteiger partial charge in [-0.1, -0.05) is 25.1 Å². The monoisotopic (exact) mass is 291 g/mol. The van der Waals surface area contributed by atoms with Gasteiger partial charge in [-0.3, -0.25) is 9.69 Å². The van der Waals surface area contributed by atoms with Gasteiger partial charge in [0.25, 0.3) is 0 Å². The molecule has 1 aliphatic rings. The zero-order valence-corrected chi connectivity index (χ0v) is 13.0. The smallest absolute Gasteiger partial charge is 0.234 e. The van der Waals surface area contributed by atoms with E-state index < -0.39 is 0 Å². The Morgan fingerprint density at radius 3 is 2.52 bits per heavy atom. The third kappa shape index (κ3) is 4.72. The first-order chi connectivity index (χ1) is 10.2. The second kappa shape index (κ2) is 8.00. The Hall–Kier alpha value is -1.59. The zero-order valence-electron chi connectivity index (χ0n) is 13.0. The molecule has 1 fully saturated rings. The van der Waals surface area contributed by atoms with E-state index in [1.807, 2.05) is 24.3 Å². The topological polar surface area (TPSA) is 44.8 Å². The molecular formula is C16H25N3O2. The summed E-state index contributed by atoms with van der Waals surface area (Å²) in [5.74, 6) is 0.889. The minimum Gasteiger partial charge on any atom is -0.496 e. The van der Waals surface area contributed by atoms with Gasteiger partial charge >= 0.3 is 0 Å². The van der Waals surface area contributed by atoms with Crippen LogP contribution in [0.5, 0.6) is 5.75 Å². The van der Waals surface area contributed by atoms with Crippen molar-refractivity contribution in [2.24, 2.45) is 0 Å². The zero-order chi connectivity index (χ0) is 15.1. The molecule has 0 saturated carbocycles. The van der Waals surface area contributed by atoms with Crippen LogP contribution in [0.1, 0.15) is 12.5 Å². The molecule has 5 nitrogen and oxygen atoms in total. The standard InChI is InChI=1S/C16H25N3O2/c1-3-18-8-10-19(11-9-18)13-16(20)17-12-14-6-4-5-7-15(14)21-2/h4-7H,3,8-13H2,1-2H3,(H,17,20). The Morgan fingerprint density at radius 2 is 1.86 bits per heavy atom. The Labute approximate surface area is 126 Å². The molecule has 0 radical (unpaired) electrons. The number of ether oxygens (including phenoxy) is 1. The molecule has 1 heterocycles. The lowest BCUT2D eigenvalue weighted by Crippen LogP contribution is -2.49. The van der Waals surface area contributed by atoms with Gasteiger partial charge in [0.2, 0.25) is 5.91 Å². The molecule has 1 aliphatic heterocycles. The number of methoxy groups -OCH3 is 1. The number of benzene rings is 1. The van der Waals surface area contributed by atoms with Crippen LogP contribution in [-0.4, -0.2) is 62.1 Å². The van der Waals surface area contributed by atoms with Crippen molar-refractivity contribution in [3.63, 3.8) is 0 Å². The minimum absolute atomic E-state index is 0.0749. The summed E-state index contributed by atoms with van der Waals surface area (Å²) in [5, 5.41) is 2.97. The third-order valence-corrected chi connectivity index (χ3v) is 3.95. The molecule has 1 aromatic carbocycles. The van der Waals surface area contributed by atoms with Gasteiger partial charge in [-0.2, -0.15) is 0 Å². The predicted octanol–water partition coefficient (Wildman–Crippen LogP) is 0.949. The Morgan fingerprint density at radius 1 is 1.19 bits per heavy atom. The van der Waals surface area contributed by atoms with E-state index in [1.54, 1.807) is 7.11 Å². The van der Waals surface area contributed by atoms with E-state index in [2.05, 4.69) is 22.0 Å². The van der Waals surface area contributed by atoms with E-state index in [0.717, 1.165) is 44.0 Å². The molecule has 21 heavy (non-hydrogen) atoms. The number of hydrogen-bond donors (Lipinski definition) is 1. The Balaban J connectivity index is 1.75. The van der Waals surface area contributed by atoms with Crippen LogP contribution in [-0.2, 0) is 11.3 Å². The van der Waals surface area contributed by atoms with Crippen molar-refractivity contribution in [2.75, 3.05) is 46.4 Å². The second-order valence-corrected chi connectivity index (χ2v) is 5.30. The summed E-state index contributed by atoms with van der Waals surface area (Å²) >= 11 is 0. The Kier molecular flexibility index (Phi) is 6.02. The van der Waals surface area contributed by atoms with E-state index in [1.165, 1.54) is 0 Å². The number of nitrogens with one attached hydrogen (secondary N) is 1. The van der Waals surface area contributed by atoms with E-state index in [4.69, 9.17) is 4.74 Å². The quantitative estimate of drug-likeness (QED) is 0.847. The van der Waals surface area contributed by atoms with Crippen LogP contribution in [0, 0.1) is 0 Å². The third-order valence-electron chi connectivity index (χ3n) is 3.95. The maximum atomic E-state index is 12.0. The molecule has 2 rings (SSSR count). The van der Waals surface area contributed by atoms with Crippen LogP contribution >= 0.6 is 0 Å². The second-order valence-electron chi connectivity index (χ2n) is 5.30. The van der Waals surface area contributed by atoms with E-state index in [-0.39, 0.29) is 5.91 Å². The maximum absolute atomic E-state index is 12.0. The number of piperazine rings is 1. The lowest BCUT2D eigenvalue weighted by molar-refractivity contribution is -0.122. The van der Waals surface area contributed by atoms with Gasteiger partial charge in [0.1, 0.15) is 5.75 Å². The first kappa shape index (κ1) is 15.8. The SMILES string of the molecule is CCN1CCN(CC(=O)NCc2ccccc2OC)CC1. The molecule has 0 spiro atoms. The van der Waals surface area contributed by atoms with Crippen molar-refractivity contribution >= 4 is 5.91 Å². The molecule has 1 N–H and O–H groups in total. The molecule has 0 unspecified atom stereocenters. The van der Waals surface area contributed by atoms with Gasteiger partial charge in [-0.05, 0) is 12.6 Å². The van der Waals surface area contributed by atoms with Crippen molar-refractivity contribution in [1.82, 2.24) is 15.1 Å².